The highest BCUT2D eigenvalue weighted by molar-refractivity contribution is 6.02. The standard InChI is InChI=1S/C14H8N2O7/c17-13(9-1-5-11(6-2-9)15(19)20)23-14(18)10-3-7-12(8-4-10)16(21)22/h1-8H. The molecule has 0 aliphatic rings. The van der Waals surface area contributed by atoms with Gasteiger partial charge in [0.2, 0.25) is 0 Å². The van der Waals surface area contributed by atoms with Crippen molar-refractivity contribution in [3.05, 3.63) is 79.9 Å². The van der Waals surface area contributed by atoms with E-state index in [2.05, 4.69) is 4.74 Å². The van der Waals surface area contributed by atoms with Crippen LogP contribution < -0.4 is 0 Å². The number of hydrogen-bond donors (Lipinski definition) is 0. The van der Waals surface area contributed by atoms with Gasteiger partial charge in [0.1, 0.15) is 0 Å². The number of ether oxygens (including phenoxy) is 1. The van der Waals surface area contributed by atoms with Crippen LogP contribution in [0.2, 0.25) is 0 Å². The van der Waals surface area contributed by atoms with Gasteiger partial charge in [-0.1, -0.05) is 0 Å². The Hall–Kier alpha value is -3.62. The van der Waals surface area contributed by atoms with Crippen LogP contribution in [0, 0.1) is 20.2 Å². The predicted molar refractivity (Wildman–Crippen MR) is 75.9 cm³/mol. The van der Waals surface area contributed by atoms with E-state index in [1.54, 1.807) is 0 Å². The molecule has 2 aromatic rings. The highest BCUT2D eigenvalue weighted by atomic mass is 16.6. The molecule has 0 bridgehead atoms. The highest BCUT2D eigenvalue weighted by Crippen LogP contribution is 2.15. The van der Waals surface area contributed by atoms with Crippen LogP contribution in [-0.4, -0.2) is 21.8 Å². The van der Waals surface area contributed by atoms with Gasteiger partial charge in [-0.3, -0.25) is 20.2 Å². The van der Waals surface area contributed by atoms with Gasteiger partial charge >= 0.3 is 11.9 Å². The summed E-state index contributed by atoms with van der Waals surface area (Å²) in [4.78, 5) is 43.3. The lowest BCUT2D eigenvalue weighted by atomic mass is 10.2. The van der Waals surface area contributed by atoms with Gasteiger partial charge in [0.15, 0.2) is 0 Å². The zero-order valence-corrected chi connectivity index (χ0v) is 11.4. The van der Waals surface area contributed by atoms with E-state index in [1.165, 1.54) is 0 Å². The van der Waals surface area contributed by atoms with Crippen molar-refractivity contribution in [2.75, 3.05) is 0 Å². The van der Waals surface area contributed by atoms with Gasteiger partial charge in [-0.05, 0) is 24.3 Å². The molecule has 0 heterocycles. The minimum atomic E-state index is -0.983. The molecule has 9 nitrogen and oxygen atoms in total. The van der Waals surface area contributed by atoms with Crippen LogP contribution in [-0.2, 0) is 4.74 Å². The molecule has 0 atom stereocenters. The molecule has 2 aromatic carbocycles. The maximum atomic E-state index is 11.8. The Morgan fingerprint density at radius 1 is 0.696 bits per heavy atom. The van der Waals surface area contributed by atoms with Crippen molar-refractivity contribution < 1.29 is 24.2 Å². The molecule has 116 valence electrons. The number of nitrogens with zero attached hydrogens (tertiary/aromatic N) is 2. The molecular formula is C14H8N2O7. The Balaban J connectivity index is 2.08. The lowest BCUT2D eigenvalue weighted by Crippen LogP contribution is -2.12. The summed E-state index contributed by atoms with van der Waals surface area (Å²) in [5.41, 5.74) is -0.483. The lowest BCUT2D eigenvalue weighted by molar-refractivity contribution is -0.385. The smallest absolute Gasteiger partial charge is 0.346 e. The fourth-order valence-electron chi connectivity index (χ4n) is 1.64. The number of hydrogen-bond acceptors (Lipinski definition) is 7. The SMILES string of the molecule is O=C(OC(=O)c1ccc([N+](=O)[O-])cc1)c1ccc([N+](=O)[O-])cc1. The largest absolute Gasteiger partial charge is 0.386 e. The number of nitro benzene ring substituents is 2. The summed E-state index contributed by atoms with van der Waals surface area (Å²) >= 11 is 0. The van der Waals surface area contributed by atoms with Crippen molar-refractivity contribution in [1.82, 2.24) is 0 Å². The summed E-state index contributed by atoms with van der Waals surface area (Å²) in [6.45, 7) is 0. The Kier molecular flexibility index (Phi) is 4.41. The van der Waals surface area contributed by atoms with Crippen LogP contribution in [0.4, 0.5) is 11.4 Å². The zero-order chi connectivity index (χ0) is 17.0. The van der Waals surface area contributed by atoms with Crippen LogP contribution in [0.5, 0.6) is 0 Å². The van der Waals surface area contributed by atoms with Crippen LogP contribution in [0.25, 0.3) is 0 Å². The lowest BCUT2D eigenvalue weighted by Gasteiger charge is -2.03. The zero-order valence-electron chi connectivity index (χ0n) is 11.4. The van der Waals surface area contributed by atoms with Crippen LogP contribution >= 0.6 is 0 Å². The number of rotatable bonds is 4. The van der Waals surface area contributed by atoms with Crippen molar-refractivity contribution in [1.29, 1.82) is 0 Å². The van der Waals surface area contributed by atoms with Gasteiger partial charge < -0.3 is 4.74 Å². The van der Waals surface area contributed by atoms with Gasteiger partial charge in [-0.25, -0.2) is 9.59 Å². The Bertz CT molecular complexity index is 714. The first-order valence-corrected chi connectivity index (χ1v) is 6.14. The van der Waals surface area contributed by atoms with Crippen LogP contribution in [0.15, 0.2) is 48.5 Å². The van der Waals surface area contributed by atoms with Gasteiger partial charge in [0, 0.05) is 24.3 Å². The van der Waals surface area contributed by atoms with E-state index in [0.29, 0.717) is 0 Å². The molecule has 9 heteroatoms. The molecule has 0 aromatic heterocycles. The van der Waals surface area contributed by atoms with E-state index in [9.17, 15) is 29.8 Å². The third-order valence-electron chi connectivity index (χ3n) is 2.81. The van der Waals surface area contributed by atoms with Gasteiger partial charge in [-0.2, -0.15) is 0 Å². The monoisotopic (exact) mass is 316 g/mol. The number of carbonyl (C=O) groups is 2. The quantitative estimate of drug-likeness (QED) is 0.366. The second kappa shape index (κ2) is 6.43. The van der Waals surface area contributed by atoms with Crippen LogP contribution in [0.3, 0.4) is 0 Å². The molecule has 0 amide bonds. The second-order valence-corrected chi connectivity index (χ2v) is 4.28. The molecule has 0 spiro atoms. The average Bonchev–Trinajstić information content (AvgIpc) is 2.54. The summed E-state index contributed by atoms with van der Waals surface area (Å²) in [5, 5.41) is 21.0. The highest BCUT2D eigenvalue weighted by Gasteiger charge is 2.17. The first-order chi connectivity index (χ1) is 10.9. The summed E-state index contributed by atoms with van der Waals surface area (Å²) in [6, 6.07) is 9.04. The van der Waals surface area contributed by atoms with E-state index in [4.69, 9.17) is 0 Å². The molecular weight excluding hydrogens is 308 g/mol. The minimum absolute atomic E-state index is 0.0362. The maximum Gasteiger partial charge on any atom is 0.346 e. The number of benzene rings is 2. The summed E-state index contributed by atoms with van der Waals surface area (Å²) < 4.78 is 4.61. The average molecular weight is 316 g/mol. The summed E-state index contributed by atoms with van der Waals surface area (Å²) in [5.74, 6) is -1.97. The molecule has 0 saturated carbocycles. The third-order valence-corrected chi connectivity index (χ3v) is 2.81. The first-order valence-electron chi connectivity index (χ1n) is 6.14. The van der Waals surface area contributed by atoms with E-state index >= 15 is 0 Å². The summed E-state index contributed by atoms with van der Waals surface area (Å²) in [6.07, 6.45) is 0. The van der Waals surface area contributed by atoms with E-state index in [0.717, 1.165) is 48.5 Å². The fraction of sp³-hybridized carbons (Fsp3) is 0. The van der Waals surface area contributed by atoms with Gasteiger partial charge in [0.05, 0.1) is 21.0 Å². The number of esters is 2. The maximum absolute atomic E-state index is 11.8. The molecule has 0 radical (unpaired) electrons. The third kappa shape index (κ3) is 3.73. The second-order valence-electron chi connectivity index (χ2n) is 4.28. The van der Waals surface area contributed by atoms with Crippen molar-refractivity contribution in [2.24, 2.45) is 0 Å². The molecule has 0 N–H and O–H groups in total. The van der Waals surface area contributed by atoms with Crippen molar-refractivity contribution in [3.8, 4) is 0 Å². The Morgan fingerprint density at radius 2 is 1.00 bits per heavy atom. The topological polar surface area (TPSA) is 130 Å². The number of nitro groups is 2. The Morgan fingerprint density at radius 3 is 1.26 bits per heavy atom. The molecule has 0 unspecified atom stereocenters. The van der Waals surface area contributed by atoms with E-state index < -0.39 is 21.8 Å². The molecule has 0 saturated heterocycles. The molecule has 23 heavy (non-hydrogen) atoms. The van der Waals surface area contributed by atoms with Crippen LogP contribution in [0.1, 0.15) is 20.7 Å². The predicted octanol–water partition coefficient (Wildman–Crippen LogP) is 2.50. The van der Waals surface area contributed by atoms with Crippen molar-refractivity contribution in [2.45, 2.75) is 0 Å². The van der Waals surface area contributed by atoms with Crippen molar-refractivity contribution in [3.63, 3.8) is 0 Å². The summed E-state index contributed by atoms with van der Waals surface area (Å²) in [7, 11) is 0. The van der Waals surface area contributed by atoms with E-state index in [1.807, 2.05) is 0 Å². The molecule has 0 aliphatic carbocycles. The van der Waals surface area contributed by atoms with Gasteiger partial charge in [0.25, 0.3) is 11.4 Å². The first kappa shape index (κ1) is 15.8. The molecule has 0 aliphatic heterocycles. The van der Waals surface area contributed by atoms with Crippen molar-refractivity contribution >= 4 is 23.3 Å². The Labute approximate surface area is 128 Å². The molecule has 0 fully saturated rings. The van der Waals surface area contributed by atoms with Gasteiger partial charge in [-0.15, -0.1) is 0 Å². The number of non-ortho nitro benzene ring substituents is 2. The normalized spacial score (nSPS) is 9.91. The molecule has 2 rings (SSSR count). The minimum Gasteiger partial charge on any atom is -0.386 e. The fourth-order valence-corrected chi connectivity index (χ4v) is 1.64. The van der Waals surface area contributed by atoms with E-state index in [-0.39, 0.29) is 22.5 Å². The number of carbonyl (C=O) groups excluding carboxylic acids is 2.